The van der Waals surface area contributed by atoms with Gasteiger partial charge in [0.25, 0.3) is 5.24 Å². The van der Waals surface area contributed by atoms with Crippen LogP contribution in [-0.2, 0) is 6.54 Å². The molecule has 0 aliphatic heterocycles. The number of imidazole rings is 1. The lowest BCUT2D eigenvalue weighted by Gasteiger charge is -1.99. The Labute approximate surface area is 98.6 Å². The van der Waals surface area contributed by atoms with E-state index in [0.29, 0.717) is 0 Å². The third kappa shape index (κ3) is 1.68. The fraction of sp³-hybridized carbons (Fsp3) is 0.286. The molecule has 0 amide bonds. The van der Waals surface area contributed by atoms with Gasteiger partial charge >= 0.3 is 5.69 Å². The first kappa shape index (κ1) is 11.0. The van der Waals surface area contributed by atoms with Crippen LogP contribution in [0.4, 0.5) is 0 Å². The number of aryl methyl sites for hydroxylation is 1. The third-order valence-electron chi connectivity index (χ3n) is 1.90. The predicted octanol–water partition coefficient (Wildman–Crippen LogP) is -0.0962. The molecule has 0 N–H and O–H groups in total. The van der Waals surface area contributed by atoms with Crippen LogP contribution < -0.4 is 5.69 Å². The van der Waals surface area contributed by atoms with E-state index in [1.165, 1.54) is 6.33 Å². The summed E-state index contributed by atoms with van der Waals surface area (Å²) in [5.41, 5.74) is -0.526. The number of alkyl halides is 1. The first-order chi connectivity index (χ1) is 7.65. The second-order valence-electron chi connectivity index (χ2n) is 2.84. The molecular formula is C7H5Cl2N5O2. The zero-order valence-corrected chi connectivity index (χ0v) is 9.31. The molecule has 2 aromatic rings. The summed E-state index contributed by atoms with van der Waals surface area (Å²) in [6.07, 6.45) is 1.17. The number of hydrogen-bond acceptors (Lipinski definition) is 5. The minimum absolute atomic E-state index is 0.0378. The molecule has 7 nitrogen and oxygen atoms in total. The molecule has 2 heterocycles. The topological polar surface area (TPSA) is 82.2 Å². The van der Waals surface area contributed by atoms with E-state index in [-0.39, 0.29) is 23.8 Å². The Morgan fingerprint density at radius 1 is 1.50 bits per heavy atom. The molecule has 0 spiro atoms. The van der Waals surface area contributed by atoms with Crippen LogP contribution in [0.5, 0.6) is 0 Å². The van der Waals surface area contributed by atoms with Crippen LogP contribution in [0.15, 0.2) is 11.1 Å². The Kier molecular flexibility index (Phi) is 2.88. The smallest absolute Gasteiger partial charge is 0.274 e. The second kappa shape index (κ2) is 4.18. The number of halogens is 2. The van der Waals surface area contributed by atoms with Crippen molar-refractivity contribution in [3.63, 3.8) is 0 Å². The summed E-state index contributed by atoms with van der Waals surface area (Å²) < 4.78 is 2.17. The highest BCUT2D eigenvalue weighted by Crippen LogP contribution is 2.05. The summed E-state index contributed by atoms with van der Waals surface area (Å²) in [6, 6.07) is 0. The van der Waals surface area contributed by atoms with Gasteiger partial charge in [0.2, 0.25) is 0 Å². The normalized spacial score (nSPS) is 10.9. The van der Waals surface area contributed by atoms with Crippen molar-refractivity contribution < 1.29 is 4.79 Å². The molecule has 0 unspecified atom stereocenters. The first-order valence-electron chi connectivity index (χ1n) is 4.22. The lowest BCUT2D eigenvalue weighted by atomic mass is 10.5. The van der Waals surface area contributed by atoms with E-state index in [2.05, 4.69) is 15.3 Å². The Balaban J connectivity index is 2.69. The van der Waals surface area contributed by atoms with Crippen molar-refractivity contribution in [1.82, 2.24) is 24.4 Å². The Hall–Kier alpha value is -1.47. The molecule has 0 aliphatic rings. The highest BCUT2D eigenvalue weighted by molar-refractivity contribution is 6.68. The summed E-state index contributed by atoms with van der Waals surface area (Å²) in [7, 11) is 0. The molecule has 0 saturated carbocycles. The minimum atomic E-state index is -0.786. The van der Waals surface area contributed by atoms with Gasteiger partial charge in [0, 0.05) is 5.88 Å². The van der Waals surface area contributed by atoms with Crippen molar-refractivity contribution in [2.75, 3.05) is 5.88 Å². The number of fused-ring (bicyclic) bond motifs is 1. The first-order valence-corrected chi connectivity index (χ1v) is 5.13. The standard InChI is InChI=1S/C7H5Cl2N5O2/c8-1-2-14-7(16)13-3-10-4(5(9)15)6(13)11-12-14/h3H,1-2H2. The molecule has 2 aromatic heterocycles. The highest BCUT2D eigenvalue weighted by atomic mass is 35.5. The largest absolute Gasteiger partial charge is 0.353 e. The maximum absolute atomic E-state index is 11.7. The number of hydrogen-bond donors (Lipinski definition) is 0. The van der Waals surface area contributed by atoms with E-state index >= 15 is 0 Å². The van der Waals surface area contributed by atoms with Crippen LogP contribution in [0.2, 0.25) is 0 Å². The van der Waals surface area contributed by atoms with Gasteiger partial charge in [-0.25, -0.2) is 14.2 Å². The van der Waals surface area contributed by atoms with Gasteiger partial charge in [0.15, 0.2) is 11.3 Å². The summed E-state index contributed by atoms with van der Waals surface area (Å²) in [5.74, 6) is 0.232. The SMILES string of the molecule is O=C(Cl)c1ncn2c(=O)n(CCCl)nnc12. The van der Waals surface area contributed by atoms with Crippen LogP contribution in [0.25, 0.3) is 5.65 Å². The fourth-order valence-electron chi connectivity index (χ4n) is 1.20. The van der Waals surface area contributed by atoms with Crippen molar-refractivity contribution in [3.8, 4) is 0 Å². The van der Waals surface area contributed by atoms with E-state index in [1.54, 1.807) is 0 Å². The van der Waals surface area contributed by atoms with Gasteiger partial charge in [0.05, 0.1) is 6.54 Å². The van der Waals surface area contributed by atoms with Crippen molar-refractivity contribution in [3.05, 3.63) is 22.5 Å². The van der Waals surface area contributed by atoms with Gasteiger partial charge in [-0.05, 0) is 11.6 Å². The molecule has 84 valence electrons. The maximum Gasteiger partial charge on any atom is 0.353 e. The monoisotopic (exact) mass is 261 g/mol. The molecule has 0 saturated heterocycles. The maximum atomic E-state index is 11.7. The summed E-state index contributed by atoms with van der Waals surface area (Å²) in [4.78, 5) is 26.3. The van der Waals surface area contributed by atoms with Crippen molar-refractivity contribution >= 4 is 34.1 Å². The van der Waals surface area contributed by atoms with E-state index < -0.39 is 10.9 Å². The molecule has 0 radical (unpaired) electrons. The Bertz CT molecular complexity index is 604. The number of aromatic nitrogens is 5. The average molecular weight is 262 g/mol. The summed E-state index contributed by atoms with van der Waals surface area (Å²) in [5, 5.41) is 6.51. The van der Waals surface area contributed by atoms with E-state index in [1.807, 2.05) is 0 Å². The lowest BCUT2D eigenvalue weighted by Crippen LogP contribution is -2.30. The van der Waals surface area contributed by atoms with Gasteiger partial charge in [-0.3, -0.25) is 4.79 Å². The number of nitrogens with zero attached hydrogens (tertiary/aromatic N) is 5. The van der Waals surface area contributed by atoms with Crippen molar-refractivity contribution in [2.45, 2.75) is 6.54 Å². The van der Waals surface area contributed by atoms with Crippen LogP contribution in [0.1, 0.15) is 10.5 Å². The summed E-state index contributed by atoms with van der Waals surface area (Å²) in [6.45, 7) is 0.228. The lowest BCUT2D eigenvalue weighted by molar-refractivity contribution is 0.107. The van der Waals surface area contributed by atoms with Gasteiger partial charge in [-0.15, -0.1) is 16.7 Å². The quantitative estimate of drug-likeness (QED) is 0.570. The number of carbonyl (C=O) groups is 1. The second-order valence-corrected chi connectivity index (χ2v) is 3.57. The number of rotatable bonds is 3. The zero-order valence-electron chi connectivity index (χ0n) is 7.80. The van der Waals surface area contributed by atoms with Crippen LogP contribution in [0.3, 0.4) is 0 Å². The Morgan fingerprint density at radius 2 is 2.25 bits per heavy atom. The molecule has 0 aromatic carbocycles. The Morgan fingerprint density at radius 3 is 2.88 bits per heavy atom. The van der Waals surface area contributed by atoms with Crippen LogP contribution in [-0.4, -0.2) is 35.5 Å². The fourth-order valence-corrected chi connectivity index (χ4v) is 1.49. The molecule has 0 atom stereocenters. The number of carbonyl (C=O) groups excluding carboxylic acids is 1. The van der Waals surface area contributed by atoms with Gasteiger partial charge in [-0.1, -0.05) is 5.21 Å². The zero-order chi connectivity index (χ0) is 11.7. The summed E-state index contributed by atoms with van der Waals surface area (Å²) >= 11 is 10.8. The minimum Gasteiger partial charge on any atom is -0.274 e. The van der Waals surface area contributed by atoms with Gasteiger partial charge in [-0.2, -0.15) is 4.68 Å². The van der Waals surface area contributed by atoms with E-state index in [9.17, 15) is 9.59 Å². The van der Waals surface area contributed by atoms with Gasteiger partial charge < -0.3 is 0 Å². The average Bonchev–Trinajstić information content (AvgIpc) is 2.67. The van der Waals surface area contributed by atoms with Crippen LogP contribution in [0, 0.1) is 0 Å². The molecule has 2 rings (SSSR count). The molecule has 9 heteroatoms. The van der Waals surface area contributed by atoms with E-state index in [4.69, 9.17) is 23.2 Å². The molecular weight excluding hydrogens is 257 g/mol. The van der Waals surface area contributed by atoms with Gasteiger partial charge in [0.1, 0.15) is 6.33 Å². The van der Waals surface area contributed by atoms with Crippen molar-refractivity contribution in [2.24, 2.45) is 0 Å². The highest BCUT2D eigenvalue weighted by Gasteiger charge is 2.15. The molecule has 16 heavy (non-hydrogen) atoms. The predicted molar refractivity (Wildman–Crippen MR) is 55.9 cm³/mol. The molecule has 0 aliphatic carbocycles. The van der Waals surface area contributed by atoms with E-state index in [0.717, 1.165) is 9.08 Å². The third-order valence-corrected chi connectivity index (χ3v) is 2.25. The molecule has 0 fully saturated rings. The van der Waals surface area contributed by atoms with Crippen molar-refractivity contribution in [1.29, 1.82) is 0 Å². The van der Waals surface area contributed by atoms with Crippen LogP contribution >= 0.6 is 23.2 Å². The molecule has 0 bridgehead atoms.